The van der Waals surface area contributed by atoms with Crippen molar-refractivity contribution in [2.75, 3.05) is 29.9 Å². The van der Waals surface area contributed by atoms with E-state index in [0.29, 0.717) is 18.6 Å². The monoisotopic (exact) mass is 288 g/mol. The zero-order valence-corrected chi connectivity index (χ0v) is 12.9. The molecule has 21 heavy (non-hydrogen) atoms. The van der Waals surface area contributed by atoms with E-state index in [2.05, 4.69) is 34.5 Å². The molecule has 1 saturated carbocycles. The summed E-state index contributed by atoms with van der Waals surface area (Å²) in [5.41, 5.74) is 2.64. The average molecular weight is 288 g/mol. The van der Waals surface area contributed by atoms with Gasteiger partial charge in [0.1, 0.15) is 0 Å². The molecule has 3 heteroatoms. The van der Waals surface area contributed by atoms with Gasteiger partial charge < -0.3 is 15.3 Å². The molecule has 3 nitrogen and oxygen atoms in total. The lowest BCUT2D eigenvalue weighted by molar-refractivity contribution is 0.203. The molecular weight excluding hydrogens is 260 g/mol. The van der Waals surface area contributed by atoms with Crippen LogP contribution in [0.5, 0.6) is 0 Å². The summed E-state index contributed by atoms with van der Waals surface area (Å²) in [6.45, 7) is 2.47. The third-order valence-corrected chi connectivity index (χ3v) is 5.08. The van der Waals surface area contributed by atoms with Gasteiger partial charge in [-0.3, -0.25) is 0 Å². The van der Waals surface area contributed by atoms with Gasteiger partial charge in [-0.1, -0.05) is 31.4 Å². The van der Waals surface area contributed by atoms with E-state index in [1.165, 1.54) is 43.5 Å². The van der Waals surface area contributed by atoms with Crippen LogP contribution in [-0.2, 0) is 0 Å². The fraction of sp³-hybridized carbons (Fsp3) is 0.667. The number of nitrogens with one attached hydrogen (secondary N) is 1. The molecule has 116 valence electrons. The molecule has 1 aromatic carbocycles. The van der Waals surface area contributed by atoms with Crippen molar-refractivity contribution in [3.8, 4) is 0 Å². The van der Waals surface area contributed by atoms with Crippen molar-refractivity contribution in [3.63, 3.8) is 0 Å². The van der Waals surface area contributed by atoms with Crippen LogP contribution in [0.2, 0.25) is 0 Å². The number of anilines is 2. The molecule has 1 aliphatic carbocycles. The van der Waals surface area contributed by atoms with Crippen molar-refractivity contribution in [3.05, 3.63) is 24.3 Å². The lowest BCUT2D eigenvalue weighted by Crippen LogP contribution is -2.35. The number of aliphatic hydroxyl groups excluding tert-OH is 1. The first kappa shape index (κ1) is 14.7. The minimum absolute atomic E-state index is 0.343. The predicted molar refractivity (Wildman–Crippen MR) is 89.0 cm³/mol. The molecule has 0 aromatic heterocycles. The molecule has 0 unspecified atom stereocenters. The molecule has 3 rings (SSSR count). The molecule has 0 radical (unpaired) electrons. The normalized spacial score (nSPS) is 21.5. The molecule has 2 fully saturated rings. The first-order chi connectivity index (χ1) is 10.4. The zero-order chi connectivity index (χ0) is 14.5. The van der Waals surface area contributed by atoms with Crippen molar-refractivity contribution in [1.29, 1.82) is 0 Å². The van der Waals surface area contributed by atoms with Gasteiger partial charge in [0.15, 0.2) is 0 Å². The van der Waals surface area contributed by atoms with Gasteiger partial charge in [0, 0.05) is 25.7 Å². The van der Waals surface area contributed by atoms with E-state index in [1.54, 1.807) is 0 Å². The number of rotatable bonds is 4. The second-order valence-corrected chi connectivity index (χ2v) is 6.61. The Balaban J connectivity index is 1.67. The number of hydrogen-bond donors (Lipinski definition) is 2. The number of hydrogen-bond acceptors (Lipinski definition) is 3. The lowest BCUT2D eigenvalue weighted by atomic mass is 9.95. The van der Waals surface area contributed by atoms with Gasteiger partial charge in [-0.25, -0.2) is 0 Å². The van der Waals surface area contributed by atoms with Crippen molar-refractivity contribution in [2.24, 2.45) is 5.92 Å². The summed E-state index contributed by atoms with van der Waals surface area (Å²) >= 11 is 0. The second kappa shape index (κ2) is 7.17. The van der Waals surface area contributed by atoms with Crippen LogP contribution in [0.15, 0.2) is 24.3 Å². The Morgan fingerprint density at radius 1 is 1.00 bits per heavy atom. The maximum Gasteiger partial charge on any atom is 0.0602 e. The van der Waals surface area contributed by atoms with E-state index in [1.807, 2.05) is 0 Å². The predicted octanol–water partition coefficient (Wildman–Crippen LogP) is 3.64. The molecule has 1 aliphatic heterocycles. The van der Waals surface area contributed by atoms with E-state index in [-0.39, 0.29) is 0 Å². The summed E-state index contributed by atoms with van der Waals surface area (Å²) < 4.78 is 0. The van der Waals surface area contributed by atoms with Gasteiger partial charge in [0.2, 0.25) is 0 Å². The Labute approximate surface area is 128 Å². The lowest BCUT2D eigenvalue weighted by Gasteiger charge is -2.35. The standard InChI is InChI=1S/C18H28N2O/c21-14-15-10-12-20(13-11-15)18-9-5-4-8-17(18)19-16-6-2-1-3-7-16/h4-5,8-9,15-16,19,21H,1-3,6-7,10-14H2. The minimum atomic E-state index is 0.343. The van der Waals surface area contributed by atoms with E-state index in [9.17, 15) is 5.11 Å². The third kappa shape index (κ3) is 3.70. The van der Waals surface area contributed by atoms with Crippen LogP contribution in [0, 0.1) is 5.92 Å². The summed E-state index contributed by atoms with van der Waals surface area (Å²) in [6.07, 6.45) is 8.95. The van der Waals surface area contributed by atoms with E-state index in [4.69, 9.17) is 0 Å². The SMILES string of the molecule is OCC1CCN(c2ccccc2NC2CCCCC2)CC1. The Kier molecular flexibility index (Phi) is 5.02. The summed E-state index contributed by atoms with van der Waals surface area (Å²) in [4.78, 5) is 2.48. The number of aliphatic hydroxyl groups is 1. The van der Waals surface area contributed by atoms with Gasteiger partial charge in [-0.2, -0.15) is 0 Å². The highest BCUT2D eigenvalue weighted by Crippen LogP contribution is 2.31. The van der Waals surface area contributed by atoms with Crippen LogP contribution in [-0.4, -0.2) is 30.8 Å². The minimum Gasteiger partial charge on any atom is -0.396 e. The van der Waals surface area contributed by atoms with Crippen LogP contribution >= 0.6 is 0 Å². The van der Waals surface area contributed by atoms with Crippen LogP contribution in [0.1, 0.15) is 44.9 Å². The summed E-state index contributed by atoms with van der Waals surface area (Å²) in [7, 11) is 0. The summed E-state index contributed by atoms with van der Waals surface area (Å²) in [5, 5.41) is 13.1. The molecule has 2 aliphatic rings. The zero-order valence-electron chi connectivity index (χ0n) is 12.9. The molecule has 0 bridgehead atoms. The van der Waals surface area contributed by atoms with Gasteiger partial charge in [-0.15, -0.1) is 0 Å². The van der Waals surface area contributed by atoms with Crippen LogP contribution < -0.4 is 10.2 Å². The van der Waals surface area contributed by atoms with Crippen molar-refractivity contribution in [1.82, 2.24) is 0 Å². The van der Waals surface area contributed by atoms with Gasteiger partial charge in [0.25, 0.3) is 0 Å². The molecular formula is C18H28N2O. The van der Waals surface area contributed by atoms with Crippen LogP contribution in [0.4, 0.5) is 11.4 Å². The smallest absolute Gasteiger partial charge is 0.0602 e. The first-order valence-corrected chi connectivity index (χ1v) is 8.58. The Bertz CT molecular complexity index is 435. The maximum absolute atomic E-state index is 9.29. The quantitative estimate of drug-likeness (QED) is 0.888. The third-order valence-electron chi connectivity index (χ3n) is 5.08. The fourth-order valence-corrected chi connectivity index (χ4v) is 3.69. The fourth-order valence-electron chi connectivity index (χ4n) is 3.69. The van der Waals surface area contributed by atoms with E-state index in [0.717, 1.165) is 25.9 Å². The first-order valence-electron chi connectivity index (χ1n) is 8.58. The second-order valence-electron chi connectivity index (χ2n) is 6.61. The highest BCUT2D eigenvalue weighted by Gasteiger charge is 2.21. The Hall–Kier alpha value is -1.22. The summed E-state index contributed by atoms with van der Waals surface area (Å²) in [5.74, 6) is 0.500. The molecule has 1 saturated heterocycles. The summed E-state index contributed by atoms with van der Waals surface area (Å²) in [6, 6.07) is 9.39. The highest BCUT2D eigenvalue weighted by molar-refractivity contribution is 5.70. The Morgan fingerprint density at radius 2 is 1.71 bits per heavy atom. The van der Waals surface area contributed by atoms with E-state index >= 15 is 0 Å². The number of benzene rings is 1. The highest BCUT2D eigenvalue weighted by atomic mass is 16.3. The van der Waals surface area contributed by atoms with Crippen molar-refractivity contribution in [2.45, 2.75) is 51.0 Å². The van der Waals surface area contributed by atoms with Crippen LogP contribution in [0.3, 0.4) is 0 Å². The largest absolute Gasteiger partial charge is 0.396 e. The molecule has 1 aromatic rings. The van der Waals surface area contributed by atoms with E-state index < -0.39 is 0 Å². The molecule has 2 N–H and O–H groups in total. The molecule has 0 spiro atoms. The maximum atomic E-state index is 9.29. The van der Waals surface area contributed by atoms with Crippen LogP contribution in [0.25, 0.3) is 0 Å². The van der Waals surface area contributed by atoms with Crippen molar-refractivity contribution < 1.29 is 5.11 Å². The molecule has 0 amide bonds. The van der Waals surface area contributed by atoms with Gasteiger partial charge in [0.05, 0.1) is 11.4 Å². The van der Waals surface area contributed by atoms with Gasteiger partial charge in [-0.05, 0) is 43.7 Å². The topological polar surface area (TPSA) is 35.5 Å². The number of para-hydroxylation sites is 2. The van der Waals surface area contributed by atoms with Gasteiger partial charge >= 0.3 is 0 Å². The Morgan fingerprint density at radius 3 is 2.43 bits per heavy atom. The number of piperidine rings is 1. The molecule has 0 atom stereocenters. The van der Waals surface area contributed by atoms with Crippen molar-refractivity contribution >= 4 is 11.4 Å². The average Bonchev–Trinajstić information content (AvgIpc) is 2.56. The number of nitrogens with zero attached hydrogens (tertiary/aromatic N) is 1. The molecule has 1 heterocycles.